The summed E-state index contributed by atoms with van der Waals surface area (Å²) in [6.45, 7) is 1.85. The Labute approximate surface area is 110 Å². The van der Waals surface area contributed by atoms with E-state index in [1.807, 2.05) is 13.0 Å². The minimum Gasteiger partial charge on any atom is -0.495 e. The first-order valence-electron chi connectivity index (χ1n) is 5.30. The molecule has 0 aliphatic carbocycles. The number of nitrogens with one attached hydrogen (secondary N) is 1. The highest BCUT2D eigenvalue weighted by atomic mass is 35.5. The number of hydrogen-bond acceptors (Lipinski definition) is 5. The number of methoxy groups -OCH3 is 1. The molecule has 0 bridgehead atoms. The van der Waals surface area contributed by atoms with E-state index in [0.717, 1.165) is 11.4 Å². The highest BCUT2D eigenvalue weighted by molar-refractivity contribution is 6.32. The van der Waals surface area contributed by atoms with Gasteiger partial charge in [-0.1, -0.05) is 11.6 Å². The van der Waals surface area contributed by atoms with Crippen molar-refractivity contribution in [2.24, 2.45) is 0 Å². The number of nitrogens with zero attached hydrogens (tertiary/aromatic N) is 2. The molecular formula is C12H13ClN4O. The smallest absolute Gasteiger partial charge is 0.222 e. The van der Waals surface area contributed by atoms with Crippen molar-refractivity contribution in [3.63, 3.8) is 0 Å². The van der Waals surface area contributed by atoms with Gasteiger partial charge >= 0.3 is 0 Å². The zero-order valence-corrected chi connectivity index (χ0v) is 10.8. The third kappa shape index (κ3) is 2.81. The van der Waals surface area contributed by atoms with Gasteiger partial charge in [-0.25, -0.2) is 4.98 Å². The molecule has 1 aromatic carbocycles. The summed E-state index contributed by atoms with van der Waals surface area (Å²) in [6, 6.07) is 7.18. The second kappa shape index (κ2) is 5.10. The van der Waals surface area contributed by atoms with Gasteiger partial charge in [0.2, 0.25) is 5.95 Å². The SMILES string of the molecule is COc1ccc(Nc2cc(C)nc(N)n2)cc1Cl. The molecule has 2 aromatic rings. The topological polar surface area (TPSA) is 73.1 Å². The molecule has 6 heteroatoms. The lowest BCUT2D eigenvalue weighted by atomic mass is 10.3. The monoisotopic (exact) mass is 264 g/mol. The van der Waals surface area contributed by atoms with E-state index in [1.54, 1.807) is 25.3 Å². The lowest BCUT2D eigenvalue weighted by Gasteiger charge is -2.09. The zero-order chi connectivity index (χ0) is 13.1. The lowest BCUT2D eigenvalue weighted by molar-refractivity contribution is 0.415. The number of aryl methyl sites for hydroxylation is 1. The molecule has 1 aromatic heterocycles. The van der Waals surface area contributed by atoms with Crippen LogP contribution in [0, 0.1) is 6.92 Å². The Balaban J connectivity index is 2.25. The van der Waals surface area contributed by atoms with Crippen LogP contribution < -0.4 is 15.8 Å². The minimum absolute atomic E-state index is 0.233. The maximum atomic E-state index is 6.04. The summed E-state index contributed by atoms with van der Waals surface area (Å²) >= 11 is 6.04. The van der Waals surface area contributed by atoms with Gasteiger partial charge in [-0.3, -0.25) is 0 Å². The van der Waals surface area contributed by atoms with Gasteiger partial charge in [0.05, 0.1) is 12.1 Å². The number of rotatable bonds is 3. The number of nitrogen functional groups attached to an aromatic ring is 1. The fraction of sp³-hybridized carbons (Fsp3) is 0.167. The average Bonchev–Trinajstić information content (AvgIpc) is 2.27. The van der Waals surface area contributed by atoms with Crippen molar-refractivity contribution < 1.29 is 4.74 Å². The van der Waals surface area contributed by atoms with E-state index >= 15 is 0 Å². The van der Waals surface area contributed by atoms with Crippen molar-refractivity contribution in [2.45, 2.75) is 6.92 Å². The van der Waals surface area contributed by atoms with E-state index in [9.17, 15) is 0 Å². The molecule has 5 nitrogen and oxygen atoms in total. The van der Waals surface area contributed by atoms with E-state index in [0.29, 0.717) is 16.6 Å². The van der Waals surface area contributed by atoms with E-state index in [2.05, 4.69) is 15.3 Å². The van der Waals surface area contributed by atoms with Gasteiger partial charge in [0.1, 0.15) is 11.6 Å². The number of anilines is 3. The van der Waals surface area contributed by atoms with Crippen LogP contribution in [-0.4, -0.2) is 17.1 Å². The van der Waals surface area contributed by atoms with Crippen LogP contribution in [0.25, 0.3) is 0 Å². The average molecular weight is 265 g/mol. The molecule has 0 amide bonds. The lowest BCUT2D eigenvalue weighted by Crippen LogP contribution is -2.01. The second-order valence-corrected chi connectivity index (χ2v) is 4.13. The summed E-state index contributed by atoms with van der Waals surface area (Å²) in [6.07, 6.45) is 0. The second-order valence-electron chi connectivity index (χ2n) is 3.73. The van der Waals surface area contributed by atoms with Gasteiger partial charge in [-0.15, -0.1) is 0 Å². The van der Waals surface area contributed by atoms with Crippen LogP contribution in [0.3, 0.4) is 0 Å². The Morgan fingerprint density at radius 1 is 1.28 bits per heavy atom. The highest BCUT2D eigenvalue weighted by Crippen LogP contribution is 2.28. The fourth-order valence-electron chi connectivity index (χ4n) is 1.55. The maximum Gasteiger partial charge on any atom is 0.222 e. The fourth-order valence-corrected chi connectivity index (χ4v) is 1.81. The van der Waals surface area contributed by atoms with Crippen molar-refractivity contribution in [3.8, 4) is 5.75 Å². The van der Waals surface area contributed by atoms with Crippen LogP contribution in [0.1, 0.15) is 5.69 Å². The Morgan fingerprint density at radius 2 is 2.06 bits per heavy atom. The zero-order valence-electron chi connectivity index (χ0n) is 10.1. The van der Waals surface area contributed by atoms with Gasteiger partial charge in [0.15, 0.2) is 0 Å². The number of halogens is 1. The Bertz CT molecular complexity index is 554. The molecule has 0 fully saturated rings. The Morgan fingerprint density at radius 3 is 2.67 bits per heavy atom. The molecule has 2 rings (SSSR count). The van der Waals surface area contributed by atoms with Gasteiger partial charge in [0, 0.05) is 17.4 Å². The summed E-state index contributed by atoms with van der Waals surface area (Å²) in [5, 5.41) is 3.64. The van der Waals surface area contributed by atoms with Crippen molar-refractivity contribution in [1.29, 1.82) is 0 Å². The van der Waals surface area contributed by atoms with Crippen LogP contribution in [0.2, 0.25) is 5.02 Å². The predicted octanol–water partition coefficient (Wildman–Crippen LogP) is 2.77. The first kappa shape index (κ1) is 12.4. The molecule has 0 aliphatic heterocycles. The van der Waals surface area contributed by atoms with E-state index in [-0.39, 0.29) is 5.95 Å². The van der Waals surface area contributed by atoms with Crippen molar-refractivity contribution in [3.05, 3.63) is 35.0 Å². The number of benzene rings is 1. The summed E-state index contributed by atoms with van der Waals surface area (Å²) < 4.78 is 5.08. The number of nitrogens with two attached hydrogens (primary N) is 1. The van der Waals surface area contributed by atoms with Crippen molar-refractivity contribution in [2.75, 3.05) is 18.2 Å². The number of aromatic nitrogens is 2. The maximum absolute atomic E-state index is 6.04. The normalized spacial score (nSPS) is 10.2. The largest absolute Gasteiger partial charge is 0.495 e. The molecule has 1 heterocycles. The van der Waals surface area contributed by atoms with Gasteiger partial charge in [0.25, 0.3) is 0 Å². The summed E-state index contributed by atoms with van der Waals surface area (Å²) in [7, 11) is 1.57. The summed E-state index contributed by atoms with van der Waals surface area (Å²) in [5.41, 5.74) is 7.18. The third-order valence-electron chi connectivity index (χ3n) is 2.30. The quantitative estimate of drug-likeness (QED) is 0.892. The van der Waals surface area contributed by atoms with Gasteiger partial charge in [-0.2, -0.15) is 4.98 Å². The van der Waals surface area contributed by atoms with Crippen LogP contribution in [0.5, 0.6) is 5.75 Å². The molecule has 0 spiro atoms. The molecule has 0 aliphatic rings. The molecule has 94 valence electrons. The molecule has 0 unspecified atom stereocenters. The van der Waals surface area contributed by atoms with Crippen molar-refractivity contribution >= 4 is 29.1 Å². The number of hydrogen-bond donors (Lipinski definition) is 2. The molecule has 0 atom stereocenters. The molecule has 18 heavy (non-hydrogen) atoms. The van der Waals surface area contributed by atoms with Gasteiger partial charge in [-0.05, 0) is 25.1 Å². The van der Waals surface area contributed by atoms with Crippen LogP contribution in [-0.2, 0) is 0 Å². The molecule has 0 saturated carbocycles. The summed E-state index contributed by atoms with van der Waals surface area (Å²) in [4.78, 5) is 8.08. The van der Waals surface area contributed by atoms with Gasteiger partial charge < -0.3 is 15.8 Å². The molecule has 0 radical (unpaired) electrons. The molecular weight excluding hydrogens is 252 g/mol. The molecule has 3 N–H and O–H groups in total. The standard InChI is InChI=1S/C12H13ClN4O/c1-7-5-11(17-12(14)15-7)16-8-3-4-10(18-2)9(13)6-8/h3-6H,1-2H3,(H3,14,15,16,17). The Hall–Kier alpha value is -2.01. The van der Waals surface area contributed by atoms with E-state index in [4.69, 9.17) is 22.1 Å². The first-order valence-corrected chi connectivity index (χ1v) is 5.68. The van der Waals surface area contributed by atoms with Crippen molar-refractivity contribution in [1.82, 2.24) is 9.97 Å². The number of ether oxygens (including phenoxy) is 1. The van der Waals surface area contributed by atoms with E-state index in [1.165, 1.54) is 0 Å². The summed E-state index contributed by atoms with van der Waals surface area (Å²) in [5.74, 6) is 1.49. The third-order valence-corrected chi connectivity index (χ3v) is 2.59. The molecule has 0 saturated heterocycles. The van der Waals surface area contributed by atoms with Crippen LogP contribution >= 0.6 is 11.6 Å². The van der Waals surface area contributed by atoms with Crippen LogP contribution in [0.15, 0.2) is 24.3 Å². The predicted molar refractivity (Wildman–Crippen MR) is 72.5 cm³/mol. The highest BCUT2D eigenvalue weighted by Gasteiger charge is 2.04. The first-order chi connectivity index (χ1) is 8.58. The Kier molecular flexibility index (Phi) is 3.53. The minimum atomic E-state index is 0.233. The van der Waals surface area contributed by atoms with E-state index < -0.39 is 0 Å². The van der Waals surface area contributed by atoms with Crippen LogP contribution in [0.4, 0.5) is 17.5 Å².